The van der Waals surface area contributed by atoms with Crippen molar-refractivity contribution >= 4 is 0 Å². The largest absolute Gasteiger partial charge is 5.00 e. The van der Waals surface area contributed by atoms with Crippen LogP contribution >= 0.6 is 0 Å². The van der Waals surface area contributed by atoms with Crippen molar-refractivity contribution in [3.8, 4) is 0 Å². The molecule has 0 saturated heterocycles. The standard InChI is InChI=1S/Cu.Mn.Nb.Ni.O/q2*+2;+5;+2;-2. The van der Waals surface area contributed by atoms with Gasteiger partial charge in [0.15, 0.2) is 0 Å². The molecule has 0 rings (SSSR count). The summed E-state index contributed by atoms with van der Waals surface area (Å²) >= 11 is 0. The summed E-state index contributed by atoms with van der Waals surface area (Å²) in [7, 11) is 0. The van der Waals surface area contributed by atoms with Gasteiger partial charge in [0.1, 0.15) is 0 Å². The van der Waals surface area contributed by atoms with Gasteiger partial charge in [-0.25, -0.2) is 0 Å². The van der Waals surface area contributed by atoms with Crippen molar-refractivity contribution in [2.45, 2.75) is 0 Å². The van der Waals surface area contributed by atoms with Crippen molar-refractivity contribution in [1.82, 2.24) is 0 Å². The molecular formula is CuMnNbNiO+9. The van der Waals surface area contributed by atoms with Gasteiger partial charge in [-0.15, -0.1) is 0 Å². The fourth-order valence-electron chi connectivity index (χ4n) is 0. The van der Waals surface area contributed by atoms with Crippen LogP contribution in [0.25, 0.3) is 0 Å². The maximum absolute atomic E-state index is 0. The van der Waals surface area contributed by atoms with E-state index in [1.165, 1.54) is 0 Å². The SMILES string of the molecule is [Cu+2].[Mn+2].[Nb+5].[Ni+2].[O-2]. The first kappa shape index (κ1) is 56.4. The van der Waals surface area contributed by atoms with Crippen molar-refractivity contribution in [1.29, 1.82) is 0 Å². The molecule has 0 amide bonds. The van der Waals surface area contributed by atoms with E-state index in [4.69, 9.17) is 0 Å². The van der Waals surface area contributed by atoms with Gasteiger partial charge < -0.3 is 5.48 Å². The second-order valence-corrected chi connectivity index (χ2v) is 0. The van der Waals surface area contributed by atoms with Gasteiger partial charge in [0.25, 0.3) is 0 Å². The van der Waals surface area contributed by atoms with Gasteiger partial charge in [-0.05, 0) is 0 Å². The Morgan fingerprint density at radius 1 is 1.00 bits per heavy atom. The van der Waals surface area contributed by atoms with Gasteiger partial charge in [-0.3, -0.25) is 0 Å². The smallest absolute Gasteiger partial charge is 2.00 e. The maximum Gasteiger partial charge on any atom is 5.00 e. The molecule has 5 heavy (non-hydrogen) atoms. The molecule has 0 fully saturated rings. The maximum atomic E-state index is 0. The summed E-state index contributed by atoms with van der Waals surface area (Å²) in [4.78, 5) is 0. The molecule has 1 nitrogen and oxygen atoms in total. The van der Waals surface area contributed by atoms with Crippen LogP contribution in [0.4, 0.5) is 0 Å². The van der Waals surface area contributed by atoms with Crippen LogP contribution in [0.2, 0.25) is 0 Å². The Morgan fingerprint density at radius 3 is 1.00 bits per heavy atom. The van der Waals surface area contributed by atoms with Crippen molar-refractivity contribution in [2.24, 2.45) is 0 Å². The van der Waals surface area contributed by atoms with Crippen molar-refractivity contribution in [3.05, 3.63) is 0 Å². The van der Waals surface area contributed by atoms with Crippen LogP contribution in [0.3, 0.4) is 0 Å². The summed E-state index contributed by atoms with van der Waals surface area (Å²) in [5, 5.41) is 0. The van der Waals surface area contributed by atoms with Crippen LogP contribution in [0.1, 0.15) is 0 Å². The molecule has 0 spiro atoms. The Labute approximate surface area is 77.7 Å². The third-order valence-corrected chi connectivity index (χ3v) is 0. The molecule has 0 heterocycles. The normalized spacial score (nSPS) is 0. The van der Waals surface area contributed by atoms with E-state index in [0.29, 0.717) is 0 Å². The van der Waals surface area contributed by atoms with E-state index in [1.54, 1.807) is 0 Å². The predicted octanol–water partition coefficient (Wildman–Crippen LogP) is -0.129. The number of rotatable bonds is 0. The van der Waals surface area contributed by atoms with E-state index in [0.717, 1.165) is 0 Å². The van der Waals surface area contributed by atoms with E-state index in [9.17, 15) is 0 Å². The van der Waals surface area contributed by atoms with E-state index in [-0.39, 0.29) is 78.5 Å². The average Bonchev–Trinajstić information content (AvgIpc) is 0. The van der Waals surface area contributed by atoms with Gasteiger partial charge in [0, 0.05) is 0 Å². The van der Waals surface area contributed by atoms with Gasteiger partial charge in [-0.2, -0.15) is 0 Å². The summed E-state index contributed by atoms with van der Waals surface area (Å²) in [6, 6.07) is 0. The van der Waals surface area contributed by atoms with Crippen LogP contribution in [0.15, 0.2) is 0 Å². The summed E-state index contributed by atoms with van der Waals surface area (Å²) in [6.07, 6.45) is 0. The minimum absolute atomic E-state index is 0. The summed E-state index contributed by atoms with van der Waals surface area (Å²) in [5.74, 6) is 0. The fraction of sp³-hybridized carbons (Fsp3) is 0. The van der Waals surface area contributed by atoms with Crippen molar-refractivity contribution < 1.29 is 78.5 Å². The van der Waals surface area contributed by atoms with Gasteiger partial charge in [0.05, 0.1) is 0 Å². The Kier molecular flexibility index (Phi) is 386. The summed E-state index contributed by atoms with van der Waals surface area (Å²) in [6.45, 7) is 0. The second kappa shape index (κ2) is 34.2. The molecule has 0 aromatic heterocycles. The van der Waals surface area contributed by atoms with Crippen LogP contribution in [0, 0.1) is 0 Å². The third-order valence-electron chi connectivity index (χ3n) is 0. The number of hydrogen-bond donors (Lipinski definition) is 0. The monoisotopic (exact) mass is 285 g/mol. The third kappa shape index (κ3) is 22.4. The molecule has 0 aliphatic heterocycles. The first-order chi connectivity index (χ1) is 0. The molecule has 0 aromatic rings. The first-order valence-electron chi connectivity index (χ1n) is 0. The van der Waals surface area contributed by atoms with E-state index in [2.05, 4.69) is 0 Å². The quantitative estimate of drug-likeness (QED) is 0.555. The van der Waals surface area contributed by atoms with Crippen LogP contribution in [0.5, 0.6) is 0 Å². The van der Waals surface area contributed by atoms with Gasteiger partial charge in [-0.1, -0.05) is 0 Å². The van der Waals surface area contributed by atoms with Gasteiger partial charge >= 0.3 is 73.0 Å². The minimum atomic E-state index is 0. The summed E-state index contributed by atoms with van der Waals surface area (Å²) < 4.78 is 0. The van der Waals surface area contributed by atoms with Crippen molar-refractivity contribution in [3.63, 3.8) is 0 Å². The Morgan fingerprint density at radius 2 is 1.00 bits per heavy atom. The Balaban J connectivity index is 0. The predicted molar refractivity (Wildman–Crippen MR) is 0.686 cm³/mol. The molecule has 30 valence electrons. The molecule has 0 N–H and O–H groups in total. The molecule has 2 radical (unpaired) electrons. The molecule has 5 heteroatoms. The van der Waals surface area contributed by atoms with E-state index >= 15 is 0 Å². The molecule has 0 aromatic carbocycles. The zero-order chi connectivity index (χ0) is 0. The molecule has 0 aliphatic rings. The van der Waals surface area contributed by atoms with Crippen molar-refractivity contribution in [2.75, 3.05) is 0 Å². The van der Waals surface area contributed by atoms with Crippen LogP contribution in [-0.4, -0.2) is 0 Å². The first-order valence-corrected chi connectivity index (χ1v) is 0. The summed E-state index contributed by atoms with van der Waals surface area (Å²) in [5.41, 5.74) is 0. The zero-order valence-electron chi connectivity index (χ0n) is 1.85. The Bertz CT molecular complexity index is 11.6. The van der Waals surface area contributed by atoms with E-state index in [1.807, 2.05) is 0 Å². The topological polar surface area (TPSA) is 28.5 Å². The molecule has 0 aliphatic carbocycles. The van der Waals surface area contributed by atoms with Crippen LogP contribution in [-0.2, 0) is 78.5 Å². The van der Waals surface area contributed by atoms with E-state index < -0.39 is 0 Å². The second-order valence-electron chi connectivity index (χ2n) is 0. The zero-order valence-corrected chi connectivity index (χ0v) is 7.16. The molecular weight excluding hydrogens is 286 g/mol. The van der Waals surface area contributed by atoms with Gasteiger partial charge in [0.2, 0.25) is 0 Å². The molecule has 0 bridgehead atoms. The molecule has 0 unspecified atom stereocenters. The minimum Gasteiger partial charge on any atom is -2.00 e. The fourth-order valence-corrected chi connectivity index (χ4v) is 0. The Hall–Kier alpha value is 2.23. The number of hydrogen-bond acceptors (Lipinski definition) is 0. The molecule has 0 saturated carbocycles. The molecule has 0 atom stereocenters. The van der Waals surface area contributed by atoms with Crippen LogP contribution < -0.4 is 0 Å². The average molecular weight is 286 g/mol.